The van der Waals surface area contributed by atoms with Gasteiger partial charge >= 0.3 is 0 Å². The van der Waals surface area contributed by atoms with Gasteiger partial charge in [-0.2, -0.15) is 0 Å². The molecule has 0 aromatic heterocycles. The van der Waals surface area contributed by atoms with Crippen LogP contribution in [0.4, 0.5) is 0 Å². The summed E-state index contributed by atoms with van der Waals surface area (Å²) >= 11 is 0. The first-order valence-electron chi connectivity index (χ1n) is 15.4. The lowest BCUT2D eigenvalue weighted by Crippen LogP contribution is -2.43. The van der Waals surface area contributed by atoms with Crippen LogP contribution in [0.3, 0.4) is 0 Å². The molecule has 2 aliphatic rings. The highest BCUT2D eigenvalue weighted by Crippen LogP contribution is 2.38. The molecule has 0 unspecified atom stereocenters. The van der Waals surface area contributed by atoms with Crippen molar-refractivity contribution in [2.45, 2.75) is 105 Å². The van der Waals surface area contributed by atoms with Crippen LogP contribution in [-0.4, -0.2) is 48.8 Å². The van der Waals surface area contributed by atoms with Crippen molar-refractivity contribution < 1.29 is 4.74 Å². The molecule has 0 radical (unpaired) electrons. The van der Waals surface area contributed by atoms with E-state index in [1.807, 2.05) is 0 Å². The highest BCUT2D eigenvalue weighted by molar-refractivity contribution is 6.02. The lowest BCUT2D eigenvalue weighted by atomic mass is 9.80. The van der Waals surface area contributed by atoms with Crippen LogP contribution >= 0.6 is 0 Å². The van der Waals surface area contributed by atoms with E-state index in [9.17, 15) is 0 Å². The zero-order valence-corrected chi connectivity index (χ0v) is 25.8. The van der Waals surface area contributed by atoms with Crippen molar-refractivity contribution in [3.8, 4) is 0 Å². The predicted molar refractivity (Wildman–Crippen MR) is 169 cm³/mol. The standard InChI is InChI=1S/C35H53N3O/c1-8-11-33(28(9-2)14-15-31(10-3)37-27(7)36)35(25(4)5)34-24-30(13-12-26(34)6)29-16-20-38(21-17-29)32-18-22-39-23-19-32/h9,12-15,24-25,29,32,36H,8,10-11,16-23H2,1-7H3/b15-14-,28-9+,35-33+,36-27?,37-31?. The molecule has 1 N–H and O–H groups in total. The summed E-state index contributed by atoms with van der Waals surface area (Å²) in [7, 11) is 0. The number of allylic oxidation sites excluding steroid dienone is 6. The van der Waals surface area contributed by atoms with E-state index in [1.165, 1.54) is 72.2 Å². The van der Waals surface area contributed by atoms with Crippen LogP contribution in [-0.2, 0) is 4.74 Å². The number of amidine groups is 1. The molecule has 0 spiro atoms. The van der Waals surface area contributed by atoms with Crippen molar-refractivity contribution in [3.05, 3.63) is 64.3 Å². The summed E-state index contributed by atoms with van der Waals surface area (Å²) in [4.78, 5) is 7.15. The highest BCUT2D eigenvalue weighted by atomic mass is 16.5. The Morgan fingerprint density at radius 1 is 1.10 bits per heavy atom. The van der Waals surface area contributed by atoms with Gasteiger partial charge in [-0.05, 0) is 124 Å². The number of hydrogen-bond donors (Lipinski definition) is 1. The average molecular weight is 532 g/mol. The van der Waals surface area contributed by atoms with Gasteiger partial charge in [-0.1, -0.05) is 64.5 Å². The maximum Gasteiger partial charge on any atom is 0.117 e. The van der Waals surface area contributed by atoms with Gasteiger partial charge in [0.15, 0.2) is 0 Å². The Kier molecular flexibility index (Phi) is 12.4. The number of ether oxygens (including phenoxy) is 1. The van der Waals surface area contributed by atoms with Gasteiger partial charge in [0.25, 0.3) is 0 Å². The largest absolute Gasteiger partial charge is 0.381 e. The number of hydrogen-bond acceptors (Lipinski definition) is 3. The molecule has 2 aliphatic heterocycles. The summed E-state index contributed by atoms with van der Waals surface area (Å²) in [6.07, 6.45) is 14.4. The van der Waals surface area contributed by atoms with Crippen molar-refractivity contribution in [2.75, 3.05) is 26.3 Å². The fraction of sp³-hybridized carbons (Fsp3) is 0.600. The molecule has 1 aromatic carbocycles. The molecule has 3 rings (SSSR count). The number of nitrogens with zero attached hydrogens (tertiary/aromatic N) is 2. The summed E-state index contributed by atoms with van der Waals surface area (Å²) in [5.74, 6) is 1.41. The Morgan fingerprint density at radius 3 is 2.36 bits per heavy atom. The summed E-state index contributed by atoms with van der Waals surface area (Å²) in [6.45, 7) is 19.5. The van der Waals surface area contributed by atoms with Gasteiger partial charge in [-0.15, -0.1) is 0 Å². The second kappa shape index (κ2) is 15.5. The van der Waals surface area contributed by atoms with Gasteiger partial charge in [-0.3, -0.25) is 5.41 Å². The summed E-state index contributed by atoms with van der Waals surface area (Å²) < 4.78 is 5.60. The quantitative estimate of drug-likeness (QED) is 0.186. The lowest BCUT2D eigenvalue weighted by Gasteiger charge is -2.39. The third-order valence-electron chi connectivity index (χ3n) is 8.45. The normalized spacial score (nSPS) is 19.7. The second-order valence-electron chi connectivity index (χ2n) is 11.6. The average Bonchev–Trinajstić information content (AvgIpc) is 2.94. The minimum atomic E-state index is 0.358. The Bertz CT molecular complexity index is 1080. The number of benzene rings is 1. The van der Waals surface area contributed by atoms with E-state index in [0.717, 1.165) is 38.2 Å². The van der Waals surface area contributed by atoms with Crippen LogP contribution in [0.2, 0.25) is 0 Å². The summed E-state index contributed by atoms with van der Waals surface area (Å²) in [6, 6.07) is 8.00. The number of piperidine rings is 1. The van der Waals surface area contributed by atoms with Crippen LogP contribution in [0.5, 0.6) is 0 Å². The van der Waals surface area contributed by atoms with E-state index in [4.69, 9.17) is 10.1 Å². The molecule has 0 bridgehead atoms. The highest BCUT2D eigenvalue weighted by Gasteiger charge is 2.28. The van der Waals surface area contributed by atoms with Crippen LogP contribution in [0.25, 0.3) is 5.57 Å². The number of likely N-dealkylation sites (tertiary alicyclic amines) is 1. The molecule has 0 saturated carbocycles. The van der Waals surface area contributed by atoms with E-state index >= 15 is 0 Å². The molecule has 0 amide bonds. The molecule has 2 heterocycles. The van der Waals surface area contributed by atoms with Crippen LogP contribution in [0.15, 0.2) is 52.6 Å². The van der Waals surface area contributed by atoms with E-state index in [2.05, 4.69) is 87.9 Å². The monoisotopic (exact) mass is 531 g/mol. The minimum Gasteiger partial charge on any atom is -0.381 e. The molecular weight excluding hydrogens is 478 g/mol. The Balaban J connectivity index is 1.94. The van der Waals surface area contributed by atoms with Gasteiger partial charge in [0.1, 0.15) is 5.84 Å². The molecule has 0 aliphatic carbocycles. The molecular formula is C35H53N3O. The topological polar surface area (TPSA) is 48.7 Å². The minimum absolute atomic E-state index is 0.358. The first-order valence-corrected chi connectivity index (χ1v) is 15.4. The first-order chi connectivity index (χ1) is 18.8. The lowest BCUT2D eigenvalue weighted by molar-refractivity contribution is 0.0252. The van der Waals surface area contributed by atoms with Crippen LogP contribution in [0.1, 0.15) is 109 Å². The zero-order chi connectivity index (χ0) is 28.4. The smallest absolute Gasteiger partial charge is 0.117 e. The molecule has 4 heteroatoms. The Hall–Kier alpha value is -2.30. The maximum absolute atomic E-state index is 7.78. The third kappa shape index (κ3) is 8.59. The van der Waals surface area contributed by atoms with Crippen molar-refractivity contribution in [1.29, 1.82) is 5.41 Å². The van der Waals surface area contributed by atoms with E-state index in [-0.39, 0.29) is 0 Å². The van der Waals surface area contributed by atoms with Crippen LogP contribution in [0, 0.1) is 18.3 Å². The van der Waals surface area contributed by atoms with Gasteiger partial charge < -0.3 is 9.64 Å². The zero-order valence-electron chi connectivity index (χ0n) is 25.8. The fourth-order valence-electron chi connectivity index (χ4n) is 6.35. The van der Waals surface area contributed by atoms with Crippen molar-refractivity contribution >= 4 is 17.1 Å². The summed E-state index contributed by atoms with van der Waals surface area (Å²) in [5, 5.41) is 7.78. The molecule has 39 heavy (non-hydrogen) atoms. The number of aryl methyl sites for hydroxylation is 1. The number of aliphatic imine (C=N–C) groups is 1. The molecule has 1 aromatic rings. The third-order valence-corrected chi connectivity index (χ3v) is 8.45. The maximum atomic E-state index is 7.78. The second-order valence-corrected chi connectivity index (χ2v) is 11.6. The molecule has 2 saturated heterocycles. The fourth-order valence-corrected chi connectivity index (χ4v) is 6.35. The first kappa shape index (κ1) is 31.2. The van der Waals surface area contributed by atoms with Crippen molar-refractivity contribution in [3.63, 3.8) is 0 Å². The van der Waals surface area contributed by atoms with Gasteiger partial charge in [0.05, 0.1) is 0 Å². The van der Waals surface area contributed by atoms with E-state index < -0.39 is 0 Å². The van der Waals surface area contributed by atoms with E-state index in [0.29, 0.717) is 23.7 Å². The molecule has 4 nitrogen and oxygen atoms in total. The van der Waals surface area contributed by atoms with Crippen LogP contribution < -0.4 is 0 Å². The molecule has 214 valence electrons. The predicted octanol–water partition coefficient (Wildman–Crippen LogP) is 8.91. The number of rotatable bonds is 10. The molecule has 2 fully saturated rings. The van der Waals surface area contributed by atoms with Gasteiger partial charge in [-0.25, -0.2) is 4.99 Å². The van der Waals surface area contributed by atoms with E-state index in [1.54, 1.807) is 6.92 Å². The number of nitrogens with one attached hydrogen (secondary N) is 1. The van der Waals surface area contributed by atoms with Gasteiger partial charge in [0.2, 0.25) is 0 Å². The SMILES string of the molecule is C/C=C(\C=C/C(CC)=NC(C)=N)C(/CCC)=C(/c1cc(C2CCN(C3CCOCC3)CC2)ccc1C)C(C)C. The molecule has 0 atom stereocenters. The summed E-state index contributed by atoms with van der Waals surface area (Å²) in [5.41, 5.74) is 9.45. The van der Waals surface area contributed by atoms with Crippen molar-refractivity contribution in [1.82, 2.24) is 4.90 Å². The van der Waals surface area contributed by atoms with Crippen molar-refractivity contribution in [2.24, 2.45) is 10.9 Å². The Labute approximate surface area is 238 Å². The Morgan fingerprint density at radius 2 is 1.79 bits per heavy atom. The van der Waals surface area contributed by atoms with Gasteiger partial charge in [0, 0.05) is 25.0 Å².